The molecule has 1 N–H and O–H groups in total. The maximum absolute atomic E-state index is 13.8. The maximum atomic E-state index is 13.8. The van der Waals surface area contributed by atoms with Gasteiger partial charge >= 0.3 is 0 Å². The molecule has 3 rings (SSSR count). The third-order valence-corrected chi connectivity index (χ3v) is 4.32. The molecule has 24 heavy (non-hydrogen) atoms. The summed E-state index contributed by atoms with van der Waals surface area (Å²) in [6.45, 7) is 0. The number of piperidine rings is 1. The van der Waals surface area contributed by atoms with Crippen LogP contribution in [0.3, 0.4) is 0 Å². The van der Waals surface area contributed by atoms with E-state index in [1.54, 1.807) is 24.3 Å². The number of likely N-dealkylation sites (N-methyl/N-ethyl adjacent to an activating group) is 1. The van der Waals surface area contributed by atoms with E-state index >= 15 is 0 Å². The minimum absolute atomic E-state index is 0.0106. The van der Waals surface area contributed by atoms with E-state index in [0.29, 0.717) is 18.7 Å². The summed E-state index contributed by atoms with van der Waals surface area (Å²) < 4.78 is 15.6. The van der Waals surface area contributed by atoms with Crippen molar-refractivity contribution in [2.24, 2.45) is 7.05 Å². The van der Waals surface area contributed by atoms with Crippen LogP contribution in [0, 0.1) is 5.82 Å². The highest BCUT2D eigenvalue weighted by Gasteiger charge is 2.38. The Bertz CT molecular complexity index is 775. The molecule has 1 aliphatic heterocycles. The quantitative estimate of drug-likeness (QED) is 0.911. The Labute approximate surface area is 138 Å². The molecule has 2 atom stereocenters. The molecule has 0 aromatic carbocycles. The van der Waals surface area contributed by atoms with Crippen molar-refractivity contribution >= 4 is 11.8 Å². The van der Waals surface area contributed by atoms with E-state index in [-0.39, 0.29) is 17.5 Å². The van der Waals surface area contributed by atoms with Crippen LogP contribution in [0.2, 0.25) is 0 Å². The number of halogens is 1. The number of hydrogen-bond donors (Lipinski definition) is 1. The van der Waals surface area contributed by atoms with Gasteiger partial charge in [-0.05, 0) is 12.5 Å². The van der Waals surface area contributed by atoms with Gasteiger partial charge in [-0.3, -0.25) is 14.6 Å². The molecule has 0 unspecified atom stereocenters. The van der Waals surface area contributed by atoms with Crippen molar-refractivity contribution in [3.63, 3.8) is 0 Å². The molecule has 0 spiro atoms. The van der Waals surface area contributed by atoms with Gasteiger partial charge in [-0.15, -0.1) is 0 Å². The summed E-state index contributed by atoms with van der Waals surface area (Å²) >= 11 is 0. The van der Waals surface area contributed by atoms with Gasteiger partial charge in [-0.1, -0.05) is 0 Å². The topological polar surface area (TPSA) is 80.1 Å². The minimum atomic E-state index is -0.677. The average Bonchev–Trinajstić information content (AvgIpc) is 2.97. The zero-order chi connectivity index (χ0) is 17.3. The third-order valence-electron chi connectivity index (χ3n) is 4.32. The zero-order valence-electron chi connectivity index (χ0n) is 13.4. The third kappa shape index (κ3) is 2.86. The van der Waals surface area contributed by atoms with Gasteiger partial charge in [0.15, 0.2) is 5.82 Å². The van der Waals surface area contributed by atoms with Crippen LogP contribution in [0.1, 0.15) is 35.1 Å². The molecule has 1 fully saturated rings. The second-order valence-electron chi connectivity index (χ2n) is 5.82. The molecule has 8 heteroatoms. The molecule has 2 aromatic rings. The highest BCUT2D eigenvalue weighted by Crippen LogP contribution is 2.30. The van der Waals surface area contributed by atoms with Crippen LogP contribution >= 0.6 is 0 Å². The smallest absolute Gasteiger partial charge is 0.254 e. The Morgan fingerprint density at radius 3 is 2.83 bits per heavy atom. The van der Waals surface area contributed by atoms with Gasteiger partial charge in [0.2, 0.25) is 5.91 Å². The Kier molecular flexibility index (Phi) is 4.28. The number of likely N-dealkylation sites (tertiary alicyclic amines) is 1. The van der Waals surface area contributed by atoms with Crippen molar-refractivity contribution < 1.29 is 14.0 Å². The number of nitrogens with zero attached hydrogens (tertiary/aromatic N) is 4. The number of amides is 2. The molecule has 3 heterocycles. The summed E-state index contributed by atoms with van der Waals surface area (Å²) in [6, 6.07) is 0.576. The predicted octanol–water partition coefficient (Wildman–Crippen LogP) is 1.05. The van der Waals surface area contributed by atoms with Crippen LogP contribution in [-0.4, -0.2) is 44.3 Å². The largest absolute Gasteiger partial charge is 0.347 e. The molecule has 1 saturated heterocycles. The standard InChI is InChI=1S/C16H18FN5O2/c1-21-8-7-19-15(21)14-12(3-4-13(23)22(14)2)20-16(24)10-5-6-18-9-11(10)17/h5-9,12,14H,3-4H2,1-2H3,(H,20,24)/t12-,14-/m1/s1. The number of aromatic nitrogens is 3. The fourth-order valence-corrected chi connectivity index (χ4v) is 3.01. The number of carbonyl (C=O) groups is 2. The van der Waals surface area contributed by atoms with E-state index in [4.69, 9.17) is 0 Å². The molecule has 126 valence electrons. The van der Waals surface area contributed by atoms with E-state index in [0.717, 1.165) is 6.20 Å². The Hall–Kier alpha value is -2.77. The van der Waals surface area contributed by atoms with Crippen molar-refractivity contribution in [3.05, 3.63) is 48.1 Å². The van der Waals surface area contributed by atoms with Gasteiger partial charge < -0.3 is 14.8 Å². The summed E-state index contributed by atoms with van der Waals surface area (Å²) in [4.78, 5) is 34.0. The van der Waals surface area contributed by atoms with Crippen molar-refractivity contribution in [3.8, 4) is 0 Å². The van der Waals surface area contributed by atoms with Gasteiger partial charge in [0, 0.05) is 39.1 Å². The fraction of sp³-hybridized carbons (Fsp3) is 0.375. The SMILES string of the molecule is CN1C(=O)CC[C@@H](NC(=O)c2ccncc2F)[C@@H]1c1nccn1C. The second-order valence-corrected chi connectivity index (χ2v) is 5.82. The van der Waals surface area contributed by atoms with Crippen LogP contribution in [-0.2, 0) is 11.8 Å². The number of pyridine rings is 1. The van der Waals surface area contributed by atoms with Gasteiger partial charge in [-0.25, -0.2) is 9.37 Å². The molecule has 0 bridgehead atoms. The van der Waals surface area contributed by atoms with E-state index in [1.807, 2.05) is 11.6 Å². The fourth-order valence-electron chi connectivity index (χ4n) is 3.01. The van der Waals surface area contributed by atoms with Crippen molar-refractivity contribution in [1.82, 2.24) is 24.8 Å². The van der Waals surface area contributed by atoms with Crippen molar-refractivity contribution in [2.75, 3.05) is 7.05 Å². The summed E-state index contributed by atoms with van der Waals surface area (Å²) in [6.07, 6.45) is 6.58. The summed E-state index contributed by atoms with van der Waals surface area (Å²) in [5.74, 6) is -0.541. The lowest BCUT2D eigenvalue weighted by Gasteiger charge is -2.38. The molecule has 1 aliphatic rings. The van der Waals surface area contributed by atoms with Gasteiger partial charge in [0.25, 0.3) is 5.91 Å². The molecule has 2 amide bonds. The number of imidazole rings is 1. The highest BCUT2D eigenvalue weighted by molar-refractivity contribution is 5.94. The molecule has 0 aliphatic carbocycles. The van der Waals surface area contributed by atoms with Gasteiger partial charge in [0.05, 0.1) is 17.8 Å². The molecule has 0 radical (unpaired) electrons. The minimum Gasteiger partial charge on any atom is -0.347 e. The van der Waals surface area contributed by atoms with Crippen molar-refractivity contribution in [1.29, 1.82) is 0 Å². The maximum Gasteiger partial charge on any atom is 0.254 e. The van der Waals surface area contributed by atoms with E-state index in [9.17, 15) is 14.0 Å². The number of carbonyl (C=O) groups excluding carboxylic acids is 2. The first-order valence-electron chi connectivity index (χ1n) is 7.62. The predicted molar refractivity (Wildman–Crippen MR) is 83.4 cm³/mol. The Morgan fingerprint density at radius 1 is 1.38 bits per heavy atom. The molecule has 2 aromatic heterocycles. The van der Waals surface area contributed by atoms with Crippen LogP contribution < -0.4 is 5.32 Å². The number of nitrogens with one attached hydrogen (secondary N) is 1. The highest BCUT2D eigenvalue weighted by atomic mass is 19.1. The number of aryl methyl sites for hydroxylation is 1. The summed E-state index contributed by atoms with van der Waals surface area (Å²) in [5, 5.41) is 2.84. The first kappa shape index (κ1) is 16.1. The zero-order valence-corrected chi connectivity index (χ0v) is 13.4. The molecular weight excluding hydrogens is 313 g/mol. The first-order chi connectivity index (χ1) is 11.5. The monoisotopic (exact) mass is 331 g/mol. The Balaban J connectivity index is 1.88. The lowest BCUT2D eigenvalue weighted by Crippen LogP contribution is -2.51. The molecule has 0 saturated carbocycles. The summed E-state index contributed by atoms with van der Waals surface area (Å²) in [5.41, 5.74) is -0.0665. The lowest BCUT2D eigenvalue weighted by molar-refractivity contribution is -0.136. The average molecular weight is 331 g/mol. The second kappa shape index (κ2) is 6.38. The van der Waals surface area contributed by atoms with Crippen LogP contribution in [0.4, 0.5) is 4.39 Å². The summed E-state index contributed by atoms with van der Waals surface area (Å²) in [7, 11) is 3.52. The van der Waals surface area contributed by atoms with Gasteiger partial charge in [-0.2, -0.15) is 0 Å². The van der Waals surface area contributed by atoms with E-state index < -0.39 is 17.8 Å². The molecule has 7 nitrogen and oxygen atoms in total. The lowest BCUT2D eigenvalue weighted by atomic mass is 9.95. The number of rotatable bonds is 3. The van der Waals surface area contributed by atoms with Gasteiger partial charge in [0.1, 0.15) is 11.9 Å². The van der Waals surface area contributed by atoms with Crippen LogP contribution in [0.5, 0.6) is 0 Å². The van der Waals surface area contributed by atoms with E-state index in [1.165, 1.54) is 12.3 Å². The van der Waals surface area contributed by atoms with Crippen LogP contribution in [0.25, 0.3) is 0 Å². The van der Waals surface area contributed by atoms with Crippen LogP contribution in [0.15, 0.2) is 30.9 Å². The first-order valence-corrected chi connectivity index (χ1v) is 7.62. The number of hydrogen-bond acceptors (Lipinski definition) is 4. The normalized spacial score (nSPS) is 21.0. The Morgan fingerprint density at radius 2 is 2.17 bits per heavy atom. The van der Waals surface area contributed by atoms with E-state index in [2.05, 4.69) is 15.3 Å². The van der Waals surface area contributed by atoms with Crippen molar-refractivity contribution in [2.45, 2.75) is 24.9 Å². The molecular formula is C16H18FN5O2.